The highest BCUT2D eigenvalue weighted by Crippen LogP contribution is 2.08. The highest BCUT2D eigenvalue weighted by Gasteiger charge is 2.04. The Morgan fingerprint density at radius 2 is 2.13 bits per heavy atom. The van der Waals surface area contributed by atoms with E-state index in [1.165, 1.54) is 0 Å². The van der Waals surface area contributed by atoms with Gasteiger partial charge in [-0.05, 0) is 12.5 Å². The van der Waals surface area contributed by atoms with Gasteiger partial charge in [0.05, 0.1) is 12.6 Å². The Morgan fingerprint density at radius 1 is 1.40 bits per heavy atom. The maximum atomic E-state index is 11.3. The topological polar surface area (TPSA) is 64.9 Å². The summed E-state index contributed by atoms with van der Waals surface area (Å²) in [5.74, 6) is 0.0488. The lowest BCUT2D eigenvalue weighted by Gasteiger charge is -2.07. The van der Waals surface area contributed by atoms with E-state index in [-0.39, 0.29) is 12.3 Å². The molecule has 4 heteroatoms. The van der Waals surface area contributed by atoms with E-state index < -0.39 is 0 Å². The van der Waals surface area contributed by atoms with Crippen molar-refractivity contribution in [2.75, 3.05) is 6.54 Å². The smallest absolute Gasteiger partial charge is 0.160 e. The van der Waals surface area contributed by atoms with Crippen molar-refractivity contribution in [3.05, 3.63) is 35.4 Å². The molecule has 0 heterocycles. The van der Waals surface area contributed by atoms with E-state index in [4.69, 9.17) is 5.26 Å². The first-order chi connectivity index (χ1) is 7.25. The number of nitriles is 1. The molecule has 15 heavy (non-hydrogen) atoms. The molecule has 0 aromatic heterocycles. The number of hydrazine groups is 1. The quantitative estimate of drug-likeness (QED) is 0.324. The van der Waals surface area contributed by atoms with Crippen molar-refractivity contribution in [2.24, 2.45) is 0 Å². The first-order valence-electron chi connectivity index (χ1n) is 4.67. The van der Waals surface area contributed by atoms with Crippen LogP contribution in [0.4, 0.5) is 0 Å². The number of rotatable bonds is 5. The van der Waals surface area contributed by atoms with Gasteiger partial charge in [0.2, 0.25) is 0 Å². The van der Waals surface area contributed by atoms with Gasteiger partial charge in [-0.25, -0.2) is 5.43 Å². The third-order valence-corrected chi connectivity index (χ3v) is 1.97. The standard InChI is InChI=1S/C11H13N3O/c1-9(15)11-5-3-2-4-10(11)8-14-13-7-6-12/h2-5,13-14H,7-8H2,1H3. The summed E-state index contributed by atoms with van der Waals surface area (Å²) < 4.78 is 0. The molecule has 2 N–H and O–H groups in total. The maximum Gasteiger partial charge on any atom is 0.160 e. The molecule has 1 aromatic carbocycles. The van der Waals surface area contributed by atoms with Crippen molar-refractivity contribution >= 4 is 5.78 Å². The fourth-order valence-electron chi connectivity index (χ4n) is 1.28. The Kier molecular flexibility index (Phi) is 4.48. The van der Waals surface area contributed by atoms with Crippen molar-refractivity contribution in [3.8, 4) is 6.07 Å². The zero-order valence-electron chi connectivity index (χ0n) is 8.58. The number of hydrogen-bond acceptors (Lipinski definition) is 4. The first-order valence-corrected chi connectivity index (χ1v) is 4.67. The lowest BCUT2D eigenvalue weighted by atomic mass is 10.0. The minimum atomic E-state index is 0.0488. The number of carbonyl (C=O) groups excluding carboxylic acids is 1. The van der Waals surface area contributed by atoms with E-state index in [9.17, 15) is 4.79 Å². The van der Waals surface area contributed by atoms with Gasteiger partial charge in [0.25, 0.3) is 0 Å². The second kappa shape index (κ2) is 5.91. The molecule has 0 bridgehead atoms. The predicted molar refractivity (Wildman–Crippen MR) is 56.9 cm³/mol. The molecule has 0 unspecified atom stereocenters. The maximum absolute atomic E-state index is 11.3. The molecule has 0 radical (unpaired) electrons. The van der Waals surface area contributed by atoms with Crippen molar-refractivity contribution in [3.63, 3.8) is 0 Å². The van der Waals surface area contributed by atoms with Crippen LogP contribution >= 0.6 is 0 Å². The van der Waals surface area contributed by atoms with E-state index >= 15 is 0 Å². The summed E-state index contributed by atoms with van der Waals surface area (Å²) in [6, 6.07) is 9.35. The monoisotopic (exact) mass is 203 g/mol. The van der Waals surface area contributed by atoms with Crippen LogP contribution in [0.1, 0.15) is 22.8 Å². The van der Waals surface area contributed by atoms with Gasteiger partial charge in [-0.3, -0.25) is 10.2 Å². The van der Waals surface area contributed by atoms with E-state index in [0.717, 1.165) is 5.56 Å². The second-order valence-electron chi connectivity index (χ2n) is 3.08. The molecule has 0 atom stereocenters. The molecule has 78 valence electrons. The summed E-state index contributed by atoms with van der Waals surface area (Å²) in [5, 5.41) is 8.30. The Labute approximate surface area is 88.9 Å². The van der Waals surface area contributed by atoms with E-state index in [2.05, 4.69) is 10.9 Å². The second-order valence-corrected chi connectivity index (χ2v) is 3.08. The average Bonchev–Trinajstić information content (AvgIpc) is 2.25. The summed E-state index contributed by atoms with van der Waals surface area (Å²) in [5.41, 5.74) is 7.24. The minimum Gasteiger partial charge on any atom is -0.295 e. The fraction of sp³-hybridized carbons (Fsp3) is 0.273. The third kappa shape index (κ3) is 3.50. The summed E-state index contributed by atoms with van der Waals surface area (Å²) in [4.78, 5) is 11.3. The molecule has 0 amide bonds. The first kappa shape index (κ1) is 11.4. The minimum absolute atomic E-state index is 0.0488. The largest absolute Gasteiger partial charge is 0.295 e. The molecule has 0 aliphatic rings. The molecular formula is C11H13N3O. The van der Waals surface area contributed by atoms with Crippen LogP contribution in [0.2, 0.25) is 0 Å². The number of Topliss-reactive ketones (excluding diaryl/α,β-unsaturated/α-hetero) is 1. The summed E-state index contributed by atoms with van der Waals surface area (Å²) >= 11 is 0. The van der Waals surface area contributed by atoms with Gasteiger partial charge in [0, 0.05) is 12.1 Å². The number of hydrogen-bond donors (Lipinski definition) is 2. The number of benzene rings is 1. The summed E-state index contributed by atoms with van der Waals surface area (Å²) in [6.45, 7) is 2.31. The van der Waals surface area contributed by atoms with Gasteiger partial charge >= 0.3 is 0 Å². The average molecular weight is 203 g/mol. The molecule has 0 aliphatic carbocycles. The zero-order valence-corrected chi connectivity index (χ0v) is 8.58. The molecule has 1 aromatic rings. The van der Waals surface area contributed by atoms with Crippen LogP contribution in [0, 0.1) is 11.3 Å². The van der Waals surface area contributed by atoms with Gasteiger partial charge < -0.3 is 0 Å². The lowest BCUT2D eigenvalue weighted by Crippen LogP contribution is -2.31. The lowest BCUT2D eigenvalue weighted by molar-refractivity contribution is 0.101. The Balaban J connectivity index is 2.60. The highest BCUT2D eigenvalue weighted by molar-refractivity contribution is 5.95. The van der Waals surface area contributed by atoms with Crippen molar-refractivity contribution in [2.45, 2.75) is 13.5 Å². The molecule has 1 rings (SSSR count). The van der Waals surface area contributed by atoms with E-state index in [0.29, 0.717) is 12.1 Å². The van der Waals surface area contributed by atoms with Crippen LogP contribution in [0.5, 0.6) is 0 Å². The highest BCUT2D eigenvalue weighted by atomic mass is 16.1. The van der Waals surface area contributed by atoms with Gasteiger partial charge in [-0.1, -0.05) is 24.3 Å². The molecule has 0 aliphatic heterocycles. The molecular weight excluding hydrogens is 190 g/mol. The number of nitrogens with zero attached hydrogens (tertiary/aromatic N) is 1. The zero-order chi connectivity index (χ0) is 11.1. The Morgan fingerprint density at radius 3 is 2.80 bits per heavy atom. The van der Waals surface area contributed by atoms with E-state index in [1.54, 1.807) is 13.0 Å². The number of ketones is 1. The Hall–Kier alpha value is -1.70. The van der Waals surface area contributed by atoms with Gasteiger partial charge in [-0.15, -0.1) is 0 Å². The molecule has 0 saturated carbocycles. The van der Waals surface area contributed by atoms with Crippen LogP contribution < -0.4 is 10.9 Å². The van der Waals surface area contributed by atoms with E-state index in [1.807, 2.05) is 24.3 Å². The van der Waals surface area contributed by atoms with Crippen LogP contribution in [0.15, 0.2) is 24.3 Å². The Bertz CT molecular complexity index is 382. The van der Waals surface area contributed by atoms with Crippen molar-refractivity contribution < 1.29 is 4.79 Å². The van der Waals surface area contributed by atoms with Crippen molar-refractivity contribution in [1.29, 1.82) is 5.26 Å². The van der Waals surface area contributed by atoms with Crippen LogP contribution in [-0.2, 0) is 6.54 Å². The summed E-state index contributed by atoms with van der Waals surface area (Å²) in [6.07, 6.45) is 0. The number of nitrogens with one attached hydrogen (secondary N) is 2. The molecule has 4 nitrogen and oxygen atoms in total. The fourth-order valence-corrected chi connectivity index (χ4v) is 1.28. The van der Waals surface area contributed by atoms with Crippen molar-refractivity contribution in [1.82, 2.24) is 10.9 Å². The summed E-state index contributed by atoms with van der Waals surface area (Å²) in [7, 11) is 0. The SMILES string of the molecule is CC(=O)c1ccccc1CNNCC#N. The van der Waals surface area contributed by atoms with Crippen LogP contribution in [0.3, 0.4) is 0 Å². The predicted octanol–water partition coefficient (Wildman–Crippen LogP) is 1.01. The normalized spacial score (nSPS) is 9.60. The van der Waals surface area contributed by atoms with Crippen LogP contribution in [0.25, 0.3) is 0 Å². The number of carbonyl (C=O) groups is 1. The third-order valence-electron chi connectivity index (χ3n) is 1.97. The van der Waals surface area contributed by atoms with Crippen LogP contribution in [-0.4, -0.2) is 12.3 Å². The van der Waals surface area contributed by atoms with Gasteiger partial charge in [0.1, 0.15) is 0 Å². The molecule has 0 saturated heterocycles. The molecule has 0 spiro atoms. The molecule has 0 fully saturated rings. The van der Waals surface area contributed by atoms with Gasteiger partial charge in [-0.2, -0.15) is 5.26 Å². The van der Waals surface area contributed by atoms with Gasteiger partial charge in [0.15, 0.2) is 5.78 Å².